The van der Waals surface area contributed by atoms with Crippen LogP contribution in [0, 0.1) is 0 Å². The van der Waals surface area contributed by atoms with Gasteiger partial charge in [-0.2, -0.15) is 6.41 Å². The Morgan fingerprint density at radius 3 is 2.00 bits per heavy atom. The van der Waals surface area contributed by atoms with Crippen molar-refractivity contribution >= 4 is 24.4 Å². The Balaban J connectivity index is -0.000000187. The molecule has 0 aliphatic rings. The molecule has 7 heteroatoms. The van der Waals surface area contributed by atoms with Crippen molar-refractivity contribution in [2.75, 3.05) is 13.6 Å². The quantitative estimate of drug-likeness (QED) is 0.364. The number of amides is 2. The summed E-state index contributed by atoms with van der Waals surface area (Å²) < 4.78 is 0. The largest absolute Gasteiger partial charge is 3.00 e. The molecule has 0 saturated carbocycles. The third kappa shape index (κ3) is 24.7. The first kappa shape index (κ1) is 19.9. The van der Waals surface area contributed by atoms with Gasteiger partial charge in [-0.25, -0.2) is 0 Å². The number of hydrogen-bond acceptors (Lipinski definition) is 4. The summed E-state index contributed by atoms with van der Waals surface area (Å²) in [6.45, 7) is 1.35. The molecule has 0 saturated heterocycles. The monoisotopic (exact) mass is 289 g/mol. The summed E-state index contributed by atoms with van der Waals surface area (Å²) in [5.74, 6) is -0.363. The number of Topliss-reactive ketones (excluding diaryl/α,β-unsaturated/α-hetero) is 1. The van der Waals surface area contributed by atoms with E-state index in [1.807, 2.05) is 0 Å². The van der Waals surface area contributed by atoms with Crippen LogP contribution in [0.25, 0.3) is 0 Å². The van der Waals surface area contributed by atoms with Gasteiger partial charge in [-0.15, -0.1) is 0 Å². The minimum atomic E-state index is -0.228. The van der Waals surface area contributed by atoms with Gasteiger partial charge in [0.25, 0.3) is 0 Å². The van der Waals surface area contributed by atoms with Crippen LogP contribution in [0.1, 0.15) is 13.3 Å². The van der Waals surface area contributed by atoms with Crippen LogP contribution < -0.4 is 10.6 Å². The molecule has 80 valence electrons. The topological polar surface area (TPSA) is 92.3 Å². The van der Waals surface area contributed by atoms with Crippen molar-refractivity contribution < 1.29 is 51.9 Å². The normalized spacial score (nSPS) is 7.07. The van der Waals surface area contributed by atoms with Crippen molar-refractivity contribution in [2.45, 2.75) is 13.3 Å². The maximum absolute atomic E-state index is 10.2. The predicted molar refractivity (Wildman–Crippen MR) is 48.8 cm³/mol. The molecule has 0 bridgehead atoms. The number of carbonyl (C=O) groups excluding carboxylic acids is 4. The van der Waals surface area contributed by atoms with E-state index in [0.717, 1.165) is 0 Å². The maximum atomic E-state index is 10.2. The second-order valence-corrected chi connectivity index (χ2v) is 2.15. The van der Waals surface area contributed by atoms with Gasteiger partial charge in [0, 0.05) is 7.05 Å². The van der Waals surface area contributed by atoms with Crippen molar-refractivity contribution in [1.29, 1.82) is 0 Å². The van der Waals surface area contributed by atoms with Gasteiger partial charge in [0.15, 0.2) is 0 Å². The SMILES string of the molecule is CC(=O)C[C-]=O.CNC(=O)CN[C-]=O.[Y+3]. The average Bonchev–Trinajstić information content (AvgIpc) is 2.15. The minimum absolute atomic E-state index is 0. The first-order chi connectivity index (χ1) is 6.58. The van der Waals surface area contributed by atoms with Gasteiger partial charge in [0.05, 0.1) is 6.54 Å². The van der Waals surface area contributed by atoms with Crippen molar-refractivity contribution in [3.63, 3.8) is 0 Å². The van der Waals surface area contributed by atoms with E-state index in [-0.39, 0.29) is 57.4 Å². The van der Waals surface area contributed by atoms with Crippen LogP contribution in [-0.2, 0) is 51.9 Å². The molecule has 0 aromatic heterocycles. The molecular formula is C8H12N2O4Y+. The molecule has 0 unspecified atom stereocenters. The Morgan fingerprint density at radius 2 is 1.80 bits per heavy atom. The third-order valence-electron chi connectivity index (χ3n) is 0.921. The Kier molecular flexibility index (Phi) is 21.0. The molecule has 0 aliphatic heterocycles. The van der Waals surface area contributed by atoms with E-state index >= 15 is 0 Å². The molecule has 2 N–H and O–H groups in total. The van der Waals surface area contributed by atoms with Crippen LogP contribution >= 0.6 is 0 Å². The van der Waals surface area contributed by atoms with E-state index < -0.39 is 0 Å². The maximum Gasteiger partial charge on any atom is 3.00 e. The summed E-state index contributed by atoms with van der Waals surface area (Å²) in [6.07, 6.45) is 2.77. The van der Waals surface area contributed by atoms with Crippen LogP contribution in [0.5, 0.6) is 0 Å². The van der Waals surface area contributed by atoms with E-state index in [4.69, 9.17) is 0 Å². The number of likely N-dealkylation sites (N-methyl/N-ethyl adjacent to an activating group) is 1. The van der Waals surface area contributed by atoms with Gasteiger partial charge in [-0.3, -0.25) is 11.1 Å². The molecular weight excluding hydrogens is 277 g/mol. The third-order valence-corrected chi connectivity index (χ3v) is 0.921. The Bertz CT molecular complexity index is 209. The van der Waals surface area contributed by atoms with E-state index in [1.165, 1.54) is 26.7 Å². The minimum Gasteiger partial charge on any atom is -0.541 e. The fourth-order valence-electron chi connectivity index (χ4n) is 0.306. The van der Waals surface area contributed by atoms with Gasteiger partial charge in [0.2, 0.25) is 5.91 Å². The smallest absolute Gasteiger partial charge is 0.541 e. The summed E-state index contributed by atoms with van der Waals surface area (Å²) in [5, 5.41) is 4.40. The van der Waals surface area contributed by atoms with Gasteiger partial charge >= 0.3 is 32.7 Å². The molecule has 2 amide bonds. The molecule has 0 fully saturated rings. The Morgan fingerprint density at radius 1 is 1.27 bits per heavy atom. The second kappa shape index (κ2) is 15.8. The molecule has 0 radical (unpaired) electrons. The zero-order chi connectivity index (χ0) is 11.4. The van der Waals surface area contributed by atoms with Gasteiger partial charge in [0.1, 0.15) is 5.78 Å². The fourth-order valence-corrected chi connectivity index (χ4v) is 0.306. The van der Waals surface area contributed by atoms with Crippen LogP contribution in [0.2, 0.25) is 0 Å². The zero-order valence-electron chi connectivity index (χ0n) is 8.62. The van der Waals surface area contributed by atoms with Crippen molar-refractivity contribution in [3.8, 4) is 0 Å². The molecule has 6 nitrogen and oxygen atoms in total. The Hall–Kier alpha value is -0.616. The summed E-state index contributed by atoms with van der Waals surface area (Å²) in [6, 6.07) is 0. The first-order valence-corrected chi connectivity index (χ1v) is 3.73. The molecule has 0 rings (SSSR count). The van der Waals surface area contributed by atoms with Crippen molar-refractivity contribution in [1.82, 2.24) is 10.6 Å². The number of rotatable bonds is 5. The average molecular weight is 289 g/mol. The van der Waals surface area contributed by atoms with E-state index in [2.05, 4.69) is 10.6 Å². The molecule has 0 heterocycles. The van der Waals surface area contributed by atoms with Gasteiger partial charge in [-0.1, -0.05) is 6.42 Å². The molecule has 0 spiro atoms. The van der Waals surface area contributed by atoms with E-state index in [9.17, 15) is 19.2 Å². The van der Waals surface area contributed by atoms with Crippen molar-refractivity contribution in [2.24, 2.45) is 0 Å². The molecule has 15 heavy (non-hydrogen) atoms. The molecule has 0 aliphatic carbocycles. The standard InChI is InChI=1S/C4H7N2O2.C4H5O2.Y/c1-5-4(8)2-6-3-7;1-4(6)2-3-5;/h2H2,1H3,(H,5,8)(H,6,7);2H2,1H3;/q2*-1;+3. The summed E-state index contributed by atoms with van der Waals surface area (Å²) in [4.78, 5) is 38.7. The summed E-state index contributed by atoms with van der Waals surface area (Å²) in [5.41, 5.74) is 0. The Labute approximate surface area is 113 Å². The second-order valence-electron chi connectivity index (χ2n) is 2.15. The van der Waals surface area contributed by atoms with Crippen molar-refractivity contribution in [3.05, 3.63) is 0 Å². The van der Waals surface area contributed by atoms with Crippen LogP contribution in [0.4, 0.5) is 0 Å². The van der Waals surface area contributed by atoms with Crippen LogP contribution in [-0.4, -0.2) is 38.0 Å². The zero-order valence-corrected chi connectivity index (χ0v) is 11.5. The number of nitrogens with one attached hydrogen (secondary N) is 2. The summed E-state index contributed by atoms with van der Waals surface area (Å²) in [7, 11) is 1.49. The molecule has 0 aromatic rings. The predicted octanol–water partition coefficient (Wildman–Crippen LogP) is -1.54. The number of carbonyl (C=O) groups is 2. The van der Waals surface area contributed by atoms with E-state index in [1.54, 1.807) is 0 Å². The number of ketones is 1. The van der Waals surface area contributed by atoms with Crippen LogP contribution in [0.3, 0.4) is 0 Å². The van der Waals surface area contributed by atoms with Crippen LogP contribution in [0.15, 0.2) is 0 Å². The molecule has 0 aromatic carbocycles. The number of hydrogen-bond donors (Lipinski definition) is 2. The van der Waals surface area contributed by atoms with E-state index in [0.29, 0.717) is 0 Å². The molecule has 0 atom stereocenters. The summed E-state index contributed by atoms with van der Waals surface area (Å²) >= 11 is 0. The van der Waals surface area contributed by atoms with Gasteiger partial charge in [-0.05, 0) is 6.92 Å². The fraction of sp³-hybridized carbons (Fsp3) is 0.500. The first-order valence-electron chi connectivity index (χ1n) is 3.73. The van der Waals surface area contributed by atoms with Gasteiger partial charge < -0.3 is 25.0 Å².